The van der Waals surface area contributed by atoms with Crippen molar-refractivity contribution in [2.45, 2.75) is 177 Å². The number of aromatic amines is 1. The first-order valence-corrected chi connectivity index (χ1v) is 22.9. The number of imidazole rings is 1. The van der Waals surface area contributed by atoms with Crippen LogP contribution in [0.4, 0.5) is 0 Å². The zero-order chi connectivity index (χ0) is 41.5. The molecule has 0 aromatic carbocycles. The van der Waals surface area contributed by atoms with Crippen LogP contribution < -0.4 is 0 Å². The van der Waals surface area contributed by atoms with E-state index in [2.05, 4.69) is 78.8 Å². The number of rotatable bonds is 6. The molecule has 2 N–H and O–H groups in total. The van der Waals surface area contributed by atoms with Gasteiger partial charge in [0.1, 0.15) is 11.9 Å². The Hall–Kier alpha value is -2.64. The van der Waals surface area contributed by atoms with Crippen LogP contribution in [0.25, 0.3) is 0 Å². The Balaban J connectivity index is 1.05. The van der Waals surface area contributed by atoms with E-state index in [-0.39, 0.29) is 56.5 Å². The van der Waals surface area contributed by atoms with E-state index in [4.69, 9.17) is 9.72 Å². The summed E-state index contributed by atoms with van der Waals surface area (Å²) in [6.45, 7) is 30.7. The summed E-state index contributed by atoms with van der Waals surface area (Å²) in [5.41, 5.74) is 1.50. The molecule has 14 atom stereocenters. The lowest BCUT2D eigenvalue weighted by Crippen LogP contribution is -2.67. The molecule has 1 aromatic rings. The molecule has 2 heterocycles. The number of fused-ring (bicyclic) bond motifs is 7. The van der Waals surface area contributed by atoms with E-state index in [1.807, 2.05) is 20.0 Å². The van der Waals surface area contributed by atoms with Gasteiger partial charge in [-0.05, 0) is 149 Å². The number of allylic oxidation sites excluding steroid dienone is 1. The smallest absolute Gasteiger partial charge is 0.312 e. The van der Waals surface area contributed by atoms with Gasteiger partial charge < -0.3 is 19.7 Å². The average molecular weight is 786 g/mol. The van der Waals surface area contributed by atoms with Crippen molar-refractivity contribution in [1.29, 1.82) is 0 Å². The number of carbonyl (C=O) groups excluding carboxylic acids is 2. The van der Waals surface area contributed by atoms with Crippen molar-refractivity contribution in [1.82, 2.24) is 14.9 Å². The third-order valence-electron chi connectivity index (χ3n) is 20.0. The highest BCUT2D eigenvalue weighted by Gasteiger charge is 2.73. The van der Waals surface area contributed by atoms with Gasteiger partial charge in [-0.2, -0.15) is 0 Å². The molecule has 0 bridgehead atoms. The molecule has 1 amide bonds. The average Bonchev–Trinajstić information content (AvgIpc) is 3.90. The monoisotopic (exact) mass is 786 g/mol. The van der Waals surface area contributed by atoms with Gasteiger partial charge in [0.05, 0.1) is 22.8 Å². The Morgan fingerprint density at radius 2 is 1.61 bits per heavy atom. The van der Waals surface area contributed by atoms with Gasteiger partial charge in [0.25, 0.3) is 0 Å². The lowest BCUT2D eigenvalue weighted by atomic mass is 9.32. The minimum atomic E-state index is -0.812. The number of carbonyl (C=O) groups is 3. The van der Waals surface area contributed by atoms with Crippen LogP contribution in [0.2, 0.25) is 0 Å². The molecule has 0 spiro atoms. The first-order valence-electron chi connectivity index (χ1n) is 22.9. The summed E-state index contributed by atoms with van der Waals surface area (Å²) in [5.74, 6) is 1.79. The van der Waals surface area contributed by atoms with Crippen LogP contribution in [0.1, 0.15) is 177 Å². The molecule has 7 aliphatic rings. The predicted molar refractivity (Wildman–Crippen MR) is 223 cm³/mol. The Morgan fingerprint density at radius 1 is 0.895 bits per heavy atom. The summed E-state index contributed by atoms with van der Waals surface area (Å²) in [6.07, 6.45) is 14.8. The number of aromatic nitrogens is 2. The molecule has 1 aliphatic heterocycles. The van der Waals surface area contributed by atoms with Crippen LogP contribution in [-0.4, -0.2) is 50.5 Å². The first-order chi connectivity index (χ1) is 26.5. The van der Waals surface area contributed by atoms with Crippen LogP contribution in [0.5, 0.6) is 0 Å². The second kappa shape index (κ2) is 13.2. The summed E-state index contributed by atoms with van der Waals surface area (Å²) in [7, 11) is 0. The molecular weight excluding hydrogens is 711 g/mol. The van der Waals surface area contributed by atoms with Crippen molar-refractivity contribution in [3.63, 3.8) is 0 Å². The minimum Gasteiger partial charge on any atom is -0.481 e. The first kappa shape index (κ1) is 41.1. The van der Waals surface area contributed by atoms with Gasteiger partial charge in [-0.15, -0.1) is 0 Å². The molecule has 6 saturated carbocycles. The SMILES string of the molecule is C=C(C)[C@@H]1CC[C@]2(C(=O)N3CCC[C@H]3c3ncc(C(C)(C)C)[nH]3)CC[C@]3(C)[C@H](CC[C@@H]4[C@@]5(C)CC[C@H](OC(=O)[C@]6(C)C[C@@H](C(=O)O)[C@@H]6C)C(C)(C)[C@@H]5CC[C@]43C)[C@@H]12. The Labute approximate surface area is 343 Å². The number of carboxylic acid groups (broad SMARTS) is 1. The van der Waals surface area contributed by atoms with E-state index in [0.29, 0.717) is 41.9 Å². The van der Waals surface area contributed by atoms with Crippen molar-refractivity contribution in [2.75, 3.05) is 6.54 Å². The molecule has 0 unspecified atom stereocenters. The third kappa shape index (κ3) is 5.61. The zero-order valence-electron chi connectivity index (χ0n) is 37.4. The van der Waals surface area contributed by atoms with Gasteiger partial charge in [0, 0.05) is 29.3 Å². The number of ether oxygens (including phenoxy) is 1. The number of likely N-dealkylation sites (tertiary alicyclic amines) is 1. The van der Waals surface area contributed by atoms with Crippen LogP contribution in [0.3, 0.4) is 0 Å². The molecule has 316 valence electrons. The topological polar surface area (TPSA) is 113 Å². The minimum absolute atomic E-state index is 0.0173. The quantitative estimate of drug-likeness (QED) is 0.219. The molecule has 0 radical (unpaired) electrons. The number of nitrogens with one attached hydrogen (secondary N) is 1. The summed E-state index contributed by atoms with van der Waals surface area (Å²) in [6, 6.07) is 0.0173. The predicted octanol–water partition coefficient (Wildman–Crippen LogP) is 10.7. The van der Waals surface area contributed by atoms with Gasteiger partial charge in [-0.3, -0.25) is 14.4 Å². The second-order valence-electron chi connectivity index (χ2n) is 23.5. The summed E-state index contributed by atoms with van der Waals surface area (Å²) < 4.78 is 6.50. The van der Waals surface area contributed by atoms with Crippen LogP contribution in [0, 0.1) is 73.9 Å². The fraction of sp³-hybridized carbons (Fsp3) is 0.837. The maximum Gasteiger partial charge on any atom is 0.312 e. The van der Waals surface area contributed by atoms with E-state index in [1.54, 1.807) is 0 Å². The molecule has 6 aliphatic carbocycles. The second-order valence-corrected chi connectivity index (χ2v) is 23.5. The molecule has 57 heavy (non-hydrogen) atoms. The highest BCUT2D eigenvalue weighted by atomic mass is 16.5. The Bertz CT molecular complexity index is 1830. The number of aliphatic carboxylic acids is 1. The van der Waals surface area contributed by atoms with Crippen molar-refractivity contribution in [3.8, 4) is 0 Å². The fourth-order valence-corrected chi connectivity index (χ4v) is 16.1. The number of nitrogens with zero attached hydrogens (tertiary/aromatic N) is 2. The summed E-state index contributed by atoms with van der Waals surface area (Å²) in [5, 5.41) is 9.64. The fourth-order valence-electron chi connectivity index (χ4n) is 16.1. The van der Waals surface area contributed by atoms with E-state index in [0.717, 1.165) is 82.3 Å². The molecule has 8 nitrogen and oxygen atoms in total. The van der Waals surface area contributed by atoms with Gasteiger partial charge in [-0.25, -0.2) is 4.98 Å². The maximum atomic E-state index is 15.5. The molecule has 1 aromatic heterocycles. The van der Waals surface area contributed by atoms with Crippen molar-refractivity contribution >= 4 is 17.8 Å². The van der Waals surface area contributed by atoms with Gasteiger partial charge in [-0.1, -0.05) is 74.5 Å². The maximum absolute atomic E-state index is 15.5. The number of H-pyrrole nitrogens is 1. The molecular formula is C49H75N3O5. The van der Waals surface area contributed by atoms with Gasteiger partial charge in [0.2, 0.25) is 5.91 Å². The normalized spacial score (nSPS) is 46.2. The standard InChI is InChI=1S/C49H75N3O5/c1-28(2)30-17-22-49(41(55)52-25-13-14-33(52)39-50-27-36(51-39)43(4,5)6)24-23-47(11)32(38(30)49)15-16-35-45(9)20-19-37(44(7,8)34(45)18-21-48(35,47)12)57-42(56)46(10)26-31(29(46)3)40(53)54/h27,29-35,37-38H,1,13-26H2,2-12H3,(H,50,51)(H,53,54)/t29-,30-,31+,32+,33-,34-,35+,37-,38+,45-,46+,47+,48+,49-/m0/s1. The Kier molecular flexibility index (Phi) is 9.50. The van der Waals surface area contributed by atoms with Crippen LogP contribution in [-0.2, 0) is 24.5 Å². The van der Waals surface area contributed by atoms with Gasteiger partial charge >= 0.3 is 11.9 Å². The van der Waals surface area contributed by atoms with Crippen molar-refractivity contribution < 1.29 is 24.2 Å². The van der Waals surface area contributed by atoms with E-state index in [9.17, 15) is 14.7 Å². The van der Waals surface area contributed by atoms with Crippen molar-refractivity contribution in [3.05, 3.63) is 29.9 Å². The third-order valence-corrected chi connectivity index (χ3v) is 20.0. The van der Waals surface area contributed by atoms with Gasteiger partial charge in [0.15, 0.2) is 0 Å². The van der Waals surface area contributed by atoms with E-state index < -0.39 is 17.3 Å². The Morgan fingerprint density at radius 3 is 2.25 bits per heavy atom. The number of amides is 1. The lowest BCUT2D eigenvalue weighted by molar-refractivity contribution is -0.252. The molecule has 8 heteroatoms. The van der Waals surface area contributed by atoms with Crippen molar-refractivity contribution in [2.24, 2.45) is 73.9 Å². The lowest BCUT2D eigenvalue weighted by Gasteiger charge is -2.73. The number of carboxylic acids is 1. The number of hydrogen-bond donors (Lipinski definition) is 2. The van der Waals surface area contributed by atoms with E-state index in [1.165, 1.54) is 18.4 Å². The van der Waals surface area contributed by atoms with E-state index >= 15 is 4.79 Å². The highest BCUT2D eigenvalue weighted by Crippen LogP contribution is 2.78. The largest absolute Gasteiger partial charge is 0.481 e. The summed E-state index contributed by atoms with van der Waals surface area (Å²) in [4.78, 5) is 51.8. The molecule has 7 fully saturated rings. The van der Waals surface area contributed by atoms with Crippen LogP contribution >= 0.6 is 0 Å². The molecule has 1 saturated heterocycles. The highest BCUT2D eigenvalue weighted by molar-refractivity contribution is 5.85. The summed E-state index contributed by atoms with van der Waals surface area (Å²) >= 11 is 0. The van der Waals surface area contributed by atoms with Crippen LogP contribution in [0.15, 0.2) is 18.3 Å². The number of esters is 1. The molecule has 8 rings (SSSR count). The zero-order valence-corrected chi connectivity index (χ0v) is 37.4. The number of hydrogen-bond acceptors (Lipinski definition) is 5.